The molecule has 102 valence electrons. The Morgan fingerprint density at radius 1 is 1.11 bits per heavy atom. The van der Waals surface area contributed by atoms with Crippen LogP contribution in [0.3, 0.4) is 0 Å². The van der Waals surface area contributed by atoms with Crippen LogP contribution in [0, 0.1) is 19.8 Å². The van der Waals surface area contributed by atoms with E-state index in [1.807, 2.05) is 45.9 Å². The second-order valence-electron chi connectivity index (χ2n) is 5.46. The smallest absolute Gasteiger partial charge is 0.155 e. The summed E-state index contributed by atoms with van der Waals surface area (Å²) >= 11 is 0. The number of nitrogens with two attached hydrogens (primary N) is 1. The maximum absolute atomic E-state index is 12.1. The second-order valence-corrected chi connectivity index (χ2v) is 7.57. The van der Waals surface area contributed by atoms with Crippen LogP contribution < -0.4 is 5.73 Å². The van der Waals surface area contributed by atoms with E-state index in [9.17, 15) is 8.42 Å². The summed E-state index contributed by atoms with van der Waals surface area (Å²) in [5.41, 5.74) is 8.87. The van der Waals surface area contributed by atoms with Gasteiger partial charge in [-0.1, -0.05) is 43.2 Å². The Hall–Kier alpha value is -0.870. The minimum absolute atomic E-state index is 0.0532. The van der Waals surface area contributed by atoms with Crippen LogP contribution in [-0.2, 0) is 15.6 Å². The Morgan fingerprint density at radius 2 is 1.61 bits per heavy atom. The molecular weight excluding hydrogens is 246 g/mol. The summed E-state index contributed by atoms with van der Waals surface area (Å²) in [6.07, 6.45) is 0. The molecule has 3 nitrogen and oxygen atoms in total. The monoisotopic (exact) mass is 269 g/mol. The van der Waals surface area contributed by atoms with Crippen molar-refractivity contribution in [2.75, 3.05) is 5.75 Å². The van der Waals surface area contributed by atoms with Crippen LogP contribution in [0.1, 0.15) is 30.5 Å². The van der Waals surface area contributed by atoms with E-state index in [4.69, 9.17) is 5.73 Å². The topological polar surface area (TPSA) is 60.2 Å². The molecule has 4 heteroatoms. The van der Waals surface area contributed by atoms with Gasteiger partial charge in [0.25, 0.3) is 0 Å². The van der Waals surface area contributed by atoms with Crippen molar-refractivity contribution in [2.24, 2.45) is 11.7 Å². The zero-order valence-electron chi connectivity index (χ0n) is 11.6. The summed E-state index contributed by atoms with van der Waals surface area (Å²) in [6.45, 7) is 7.83. The lowest BCUT2D eigenvalue weighted by Crippen LogP contribution is -2.34. The van der Waals surface area contributed by atoms with E-state index in [0.29, 0.717) is 0 Å². The molecule has 0 heterocycles. The lowest BCUT2D eigenvalue weighted by molar-refractivity contribution is 0.516. The molecule has 0 aliphatic rings. The molecule has 1 aromatic rings. The molecule has 2 N–H and O–H groups in total. The fourth-order valence-electron chi connectivity index (χ4n) is 1.95. The maximum Gasteiger partial charge on any atom is 0.155 e. The summed E-state index contributed by atoms with van der Waals surface area (Å²) in [7, 11) is -3.14. The summed E-state index contributed by atoms with van der Waals surface area (Å²) in [6, 6.07) is 5.59. The van der Waals surface area contributed by atoms with Gasteiger partial charge in [0.15, 0.2) is 9.84 Å². The van der Waals surface area contributed by atoms with Gasteiger partial charge in [-0.05, 0) is 25.3 Å². The molecule has 0 saturated heterocycles. The fourth-order valence-corrected chi connectivity index (χ4v) is 3.71. The third-order valence-electron chi connectivity index (χ3n) is 2.97. The third-order valence-corrected chi connectivity index (χ3v) is 4.64. The van der Waals surface area contributed by atoms with Crippen LogP contribution >= 0.6 is 0 Å². The Kier molecular flexibility index (Phi) is 4.93. The largest absolute Gasteiger partial charge is 0.327 e. The molecule has 0 spiro atoms. The summed E-state index contributed by atoms with van der Waals surface area (Å²) in [5, 5.41) is 0. The van der Waals surface area contributed by atoms with Gasteiger partial charge in [-0.3, -0.25) is 0 Å². The van der Waals surface area contributed by atoms with E-state index < -0.39 is 9.84 Å². The van der Waals surface area contributed by atoms with Gasteiger partial charge in [-0.15, -0.1) is 0 Å². The fraction of sp³-hybridized carbons (Fsp3) is 0.571. The van der Waals surface area contributed by atoms with E-state index in [-0.39, 0.29) is 23.5 Å². The van der Waals surface area contributed by atoms with Crippen LogP contribution in [0.15, 0.2) is 18.2 Å². The lowest BCUT2D eigenvalue weighted by atomic mass is 10.1. The van der Waals surface area contributed by atoms with Gasteiger partial charge in [0.05, 0.1) is 11.5 Å². The lowest BCUT2D eigenvalue weighted by Gasteiger charge is -2.15. The highest BCUT2D eigenvalue weighted by molar-refractivity contribution is 7.90. The van der Waals surface area contributed by atoms with Crippen molar-refractivity contribution in [3.8, 4) is 0 Å². The van der Waals surface area contributed by atoms with Crippen molar-refractivity contribution >= 4 is 9.84 Å². The molecular formula is C14H23NO2S. The molecule has 0 aliphatic carbocycles. The van der Waals surface area contributed by atoms with Gasteiger partial charge in [0.2, 0.25) is 0 Å². The van der Waals surface area contributed by atoms with Crippen LogP contribution in [-0.4, -0.2) is 20.2 Å². The van der Waals surface area contributed by atoms with Gasteiger partial charge < -0.3 is 5.73 Å². The molecule has 0 saturated carbocycles. The highest BCUT2D eigenvalue weighted by Gasteiger charge is 2.19. The van der Waals surface area contributed by atoms with Gasteiger partial charge >= 0.3 is 0 Å². The van der Waals surface area contributed by atoms with Crippen molar-refractivity contribution in [1.82, 2.24) is 0 Å². The SMILES string of the molecule is Cc1cc(C)cc(CS(=O)(=O)CC(N)C(C)C)c1. The van der Waals surface area contributed by atoms with Crippen LogP contribution in [0.5, 0.6) is 0 Å². The van der Waals surface area contributed by atoms with Gasteiger partial charge in [-0.25, -0.2) is 8.42 Å². The first-order chi connectivity index (χ1) is 8.19. The van der Waals surface area contributed by atoms with E-state index in [1.165, 1.54) is 0 Å². The van der Waals surface area contributed by atoms with Crippen molar-refractivity contribution < 1.29 is 8.42 Å². The maximum atomic E-state index is 12.1. The molecule has 0 amide bonds. The van der Waals surface area contributed by atoms with Gasteiger partial charge in [0.1, 0.15) is 0 Å². The molecule has 1 unspecified atom stereocenters. The van der Waals surface area contributed by atoms with Crippen LogP contribution in [0.25, 0.3) is 0 Å². The van der Waals surface area contributed by atoms with Crippen LogP contribution in [0.2, 0.25) is 0 Å². The normalized spacial score (nSPS) is 13.9. The minimum Gasteiger partial charge on any atom is -0.327 e. The number of sulfone groups is 1. The molecule has 1 atom stereocenters. The third kappa shape index (κ3) is 4.78. The number of aryl methyl sites for hydroxylation is 2. The molecule has 0 bridgehead atoms. The molecule has 0 radical (unpaired) electrons. The van der Waals surface area contributed by atoms with Crippen molar-refractivity contribution in [3.05, 3.63) is 34.9 Å². The van der Waals surface area contributed by atoms with Crippen molar-refractivity contribution in [1.29, 1.82) is 0 Å². The number of hydrogen-bond donors (Lipinski definition) is 1. The summed E-state index contributed by atoms with van der Waals surface area (Å²) < 4.78 is 24.1. The van der Waals surface area contributed by atoms with Gasteiger partial charge in [-0.2, -0.15) is 0 Å². The van der Waals surface area contributed by atoms with Gasteiger partial charge in [0, 0.05) is 6.04 Å². The van der Waals surface area contributed by atoms with E-state index >= 15 is 0 Å². The summed E-state index contributed by atoms with van der Waals surface area (Å²) in [5.74, 6) is 0.312. The zero-order chi connectivity index (χ0) is 13.9. The highest BCUT2D eigenvalue weighted by atomic mass is 32.2. The molecule has 0 aromatic heterocycles. The first-order valence-electron chi connectivity index (χ1n) is 6.23. The standard InChI is InChI=1S/C14H23NO2S/c1-10(2)14(15)9-18(16,17)8-13-6-11(3)5-12(4)7-13/h5-7,10,14H,8-9,15H2,1-4H3. The molecule has 1 rings (SSSR count). The predicted octanol–water partition coefficient (Wildman–Crippen LogP) is 2.20. The number of hydrogen-bond acceptors (Lipinski definition) is 3. The van der Waals surface area contributed by atoms with Crippen molar-refractivity contribution in [2.45, 2.75) is 39.5 Å². The zero-order valence-corrected chi connectivity index (χ0v) is 12.4. The Morgan fingerprint density at radius 3 is 2.06 bits per heavy atom. The van der Waals surface area contributed by atoms with Crippen molar-refractivity contribution in [3.63, 3.8) is 0 Å². The summed E-state index contributed by atoms with van der Waals surface area (Å²) in [4.78, 5) is 0. The molecule has 0 aliphatic heterocycles. The first-order valence-corrected chi connectivity index (χ1v) is 8.05. The number of benzene rings is 1. The Balaban J connectivity index is 2.82. The van der Waals surface area contributed by atoms with E-state index in [1.54, 1.807) is 0 Å². The Labute approximate surface area is 110 Å². The minimum atomic E-state index is -3.14. The van der Waals surface area contributed by atoms with Crippen LogP contribution in [0.4, 0.5) is 0 Å². The molecule has 1 aromatic carbocycles. The first kappa shape index (κ1) is 15.2. The van der Waals surface area contributed by atoms with E-state index in [0.717, 1.165) is 16.7 Å². The average molecular weight is 269 g/mol. The highest BCUT2D eigenvalue weighted by Crippen LogP contribution is 2.14. The average Bonchev–Trinajstić information content (AvgIpc) is 2.13. The molecule has 18 heavy (non-hydrogen) atoms. The van der Waals surface area contributed by atoms with E-state index in [2.05, 4.69) is 0 Å². The molecule has 0 fully saturated rings. The number of rotatable bonds is 5. The predicted molar refractivity (Wildman–Crippen MR) is 76.2 cm³/mol. The quantitative estimate of drug-likeness (QED) is 0.891. The second kappa shape index (κ2) is 5.85. The Bertz CT molecular complexity index is 486.